The summed E-state index contributed by atoms with van der Waals surface area (Å²) in [7, 11) is 0. The molecule has 0 unspecified atom stereocenters. The van der Waals surface area contributed by atoms with Crippen LogP contribution < -0.4 is 5.43 Å². The van der Waals surface area contributed by atoms with Crippen molar-refractivity contribution in [3.8, 4) is 11.3 Å². The summed E-state index contributed by atoms with van der Waals surface area (Å²) in [5.74, 6) is -0.0700. The molecule has 72 valence electrons. The number of allylic oxidation sites excluding steroid dienone is 1. The second-order valence-electron chi connectivity index (χ2n) is 3.39. The summed E-state index contributed by atoms with van der Waals surface area (Å²) >= 11 is 0. The van der Waals surface area contributed by atoms with E-state index in [4.69, 9.17) is 0 Å². The molecule has 0 aromatic rings. The molecule has 4 heteroatoms. The highest BCUT2D eigenvalue weighted by Gasteiger charge is 2.18. The maximum atomic E-state index is 11.5. The van der Waals surface area contributed by atoms with Gasteiger partial charge in [-0.3, -0.25) is 14.6 Å². The van der Waals surface area contributed by atoms with E-state index >= 15 is 0 Å². The number of H-pyrrole nitrogens is 1. The van der Waals surface area contributed by atoms with Crippen molar-refractivity contribution in [3.05, 3.63) is 46.0 Å². The third kappa shape index (κ3) is 1.05. The first-order valence-corrected chi connectivity index (χ1v) is 4.49. The standard InChI is InChI=1S/C11H6N2O2/c14-10-2-1-8-6(10)3-7-9(13-8)4-12-5-11(7)15/h1-5,13H. The van der Waals surface area contributed by atoms with Gasteiger partial charge in [-0.2, -0.15) is 0 Å². The predicted molar refractivity (Wildman–Crippen MR) is 54.8 cm³/mol. The summed E-state index contributed by atoms with van der Waals surface area (Å²) in [5.41, 5.74) is 2.26. The van der Waals surface area contributed by atoms with E-state index in [1.165, 1.54) is 12.3 Å². The second kappa shape index (κ2) is 2.63. The molecule has 0 spiro atoms. The first kappa shape index (κ1) is 8.11. The Morgan fingerprint density at radius 3 is 2.80 bits per heavy atom. The second-order valence-corrected chi connectivity index (χ2v) is 3.39. The van der Waals surface area contributed by atoms with Crippen LogP contribution in [0.1, 0.15) is 16.1 Å². The highest BCUT2D eigenvalue weighted by Crippen LogP contribution is 2.23. The quantitative estimate of drug-likeness (QED) is 0.689. The van der Waals surface area contributed by atoms with E-state index in [1.54, 1.807) is 18.3 Å². The fourth-order valence-corrected chi connectivity index (χ4v) is 1.72. The summed E-state index contributed by atoms with van der Waals surface area (Å²) in [6, 6.07) is 1.62. The highest BCUT2D eigenvalue weighted by molar-refractivity contribution is 6.13. The van der Waals surface area contributed by atoms with Crippen LogP contribution >= 0.6 is 0 Å². The first-order valence-electron chi connectivity index (χ1n) is 4.49. The van der Waals surface area contributed by atoms with Gasteiger partial charge in [0, 0.05) is 16.8 Å². The number of ketones is 1. The summed E-state index contributed by atoms with van der Waals surface area (Å²) in [6.45, 7) is 0. The molecular weight excluding hydrogens is 192 g/mol. The Hall–Kier alpha value is -2.23. The highest BCUT2D eigenvalue weighted by atomic mass is 16.1. The van der Waals surface area contributed by atoms with Crippen molar-refractivity contribution in [2.24, 2.45) is 0 Å². The number of aromatic nitrogens is 2. The van der Waals surface area contributed by atoms with E-state index < -0.39 is 0 Å². The zero-order valence-electron chi connectivity index (χ0n) is 7.65. The van der Waals surface area contributed by atoms with E-state index in [1.807, 2.05) is 0 Å². The molecule has 3 aliphatic rings. The van der Waals surface area contributed by atoms with E-state index in [9.17, 15) is 9.59 Å². The summed E-state index contributed by atoms with van der Waals surface area (Å²) in [6.07, 6.45) is 6.01. The summed E-state index contributed by atoms with van der Waals surface area (Å²) < 4.78 is 0. The molecule has 1 N–H and O–H groups in total. The van der Waals surface area contributed by atoms with E-state index in [0.29, 0.717) is 16.8 Å². The monoisotopic (exact) mass is 198 g/mol. The zero-order valence-corrected chi connectivity index (χ0v) is 7.65. The number of hydrogen-bond acceptors (Lipinski definition) is 3. The van der Waals surface area contributed by atoms with Crippen molar-refractivity contribution in [1.29, 1.82) is 0 Å². The third-order valence-corrected chi connectivity index (χ3v) is 2.47. The van der Waals surface area contributed by atoms with Crippen LogP contribution in [0, 0.1) is 0 Å². The molecule has 0 radical (unpaired) electrons. The number of nitrogens with one attached hydrogen (secondary N) is 1. The molecule has 2 heterocycles. The number of carbonyl (C=O) groups is 1. The van der Waals surface area contributed by atoms with Crippen molar-refractivity contribution < 1.29 is 4.79 Å². The lowest BCUT2D eigenvalue weighted by atomic mass is 10.1. The number of carbonyl (C=O) groups excluding carboxylic acids is 1. The number of rotatable bonds is 0. The van der Waals surface area contributed by atoms with Gasteiger partial charge in [-0.05, 0) is 18.2 Å². The van der Waals surface area contributed by atoms with Gasteiger partial charge in [-0.25, -0.2) is 0 Å². The number of fused-ring (bicyclic) bond motifs is 2. The normalized spacial score (nSPS) is 13.5. The Labute approximate surface area is 84.6 Å². The maximum Gasteiger partial charge on any atom is 0.206 e. The van der Waals surface area contributed by atoms with Gasteiger partial charge in [-0.1, -0.05) is 0 Å². The largest absolute Gasteiger partial charge is 0.353 e. The Kier molecular flexibility index (Phi) is 1.42. The van der Waals surface area contributed by atoms with Crippen LogP contribution in [0.2, 0.25) is 0 Å². The van der Waals surface area contributed by atoms with E-state index in [2.05, 4.69) is 9.97 Å². The molecule has 0 bridgehead atoms. The Morgan fingerprint density at radius 1 is 1.07 bits per heavy atom. The van der Waals surface area contributed by atoms with Crippen LogP contribution in [0.25, 0.3) is 17.3 Å². The maximum absolute atomic E-state index is 11.5. The number of hydrogen-bond donors (Lipinski definition) is 1. The minimum absolute atomic E-state index is 0.0700. The number of pyridine rings is 2. The molecule has 1 aliphatic carbocycles. The zero-order chi connectivity index (χ0) is 10.4. The van der Waals surface area contributed by atoms with Crippen molar-refractivity contribution in [2.45, 2.75) is 0 Å². The molecule has 3 rings (SSSR count). The van der Waals surface area contributed by atoms with Gasteiger partial charge in [0.05, 0.1) is 18.1 Å². The molecule has 15 heavy (non-hydrogen) atoms. The molecule has 0 aromatic heterocycles. The van der Waals surface area contributed by atoms with Crippen molar-refractivity contribution in [2.75, 3.05) is 0 Å². The average Bonchev–Trinajstić information content (AvgIpc) is 2.59. The molecule has 0 aromatic carbocycles. The van der Waals surface area contributed by atoms with Gasteiger partial charge in [0.15, 0.2) is 5.78 Å². The van der Waals surface area contributed by atoms with E-state index in [0.717, 1.165) is 5.69 Å². The minimum atomic E-state index is -0.175. The van der Waals surface area contributed by atoms with Crippen LogP contribution in [0.3, 0.4) is 0 Å². The van der Waals surface area contributed by atoms with Crippen LogP contribution in [-0.4, -0.2) is 15.8 Å². The lowest BCUT2D eigenvalue weighted by Gasteiger charge is -2.06. The van der Waals surface area contributed by atoms with Crippen LogP contribution in [0.5, 0.6) is 0 Å². The topological polar surface area (TPSA) is 62.8 Å². The molecule has 0 amide bonds. The van der Waals surface area contributed by atoms with E-state index in [-0.39, 0.29) is 11.2 Å². The first-order chi connectivity index (χ1) is 7.25. The molecule has 0 atom stereocenters. The lowest BCUT2D eigenvalue weighted by Crippen LogP contribution is -2.09. The van der Waals surface area contributed by atoms with Crippen LogP contribution in [-0.2, 0) is 0 Å². The van der Waals surface area contributed by atoms with Crippen molar-refractivity contribution >= 4 is 11.9 Å². The Balaban J connectivity index is 2.45. The fourth-order valence-electron chi connectivity index (χ4n) is 1.72. The SMILES string of the molecule is O=C1C=Cc2[nH]c3cncc(=O)c-3cc21. The Bertz CT molecular complexity index is 625. The van der Waals surface area contributed by atoms with Gasteiger partial charge < -0.3 is 4.98 Å². The van der Waals surface area contributed by atoms with Gasteiger partial charge in [-0.15, -0.1) is 0 Å². The minimum Gasteiger partial charge on any atom is -0.353 e. The fraction of sp³-hybridized carbons (Fsp3) is 0. The number of aromatic amines is 1. The van der Waals surface area contributed by atoms with Gasteiger partial charge in [0.2, 0.25) is 5.43 Å². The number of nitrogens with zero attached hydrogens (tertiary/aromatic N) is 1. The van der Waals surface area contributed by atoms with Crippen molar-refractivity contribution in [1.82, 2.24) is 9.97 Å². The average molecular weight is 198 g/mol. The molecule has 0 saturated heterocycles. The summed E-state index contributed by atoms with van der Waals surface area (Å²) in [5, 5.41) is 0. The van der Waals surface area contributed by atoms with Crippen LogP contribution in [0.4, 0.5) is 0 Å². The molecule has 4 nitrogen and oxygen atoms in total. The summed E-state index contributed by atoms with van der Waals surface area (Å²) in [4.78, 5) is 29.7. The van der Waals surface area contributed by atoms with Crippen molar-refractivity contribution in [3.63, 3.8) is 0 Å². The lowest BCUT2D eigenvalue weighted by molar-refractivity contribution is 0.105. The van der Waals surface area contributed by atoms with Crippen LogP contribution in [0.15, 0.2) is 29.3 Å². The van der Waals surface area contributed by atoms with Gasteiger partial charge >= 0.3 is 0 Å². The predicted octanol–water partition coefficient (Wildman–Crippen LogP) is 1.08. The van der Waals surface area contributed by atoms with Gasteiger partial charge in [0.1, 0.15) is 0 Å². The molecule has 0 saturated carbocycles. The molecule has 2 aliphatic heterocycles. The Morgan fingerprint density at radius 2 is 1.93 bits per heavy atom. The molecular formula is C11H6N2O2. The van der Waals surface area contributed by atoms with Gasteiger partial charge in [0.25, 0.3) is 0 Å². The molecule has 0 fully saturated rings. The smallest absolute Gasteiger partial charge is 0.206 e. The third-order valence-electron chi connectivity index (χ3n) is 2.47.